The number of aromatic amines is 1. The highest BCUT2D eigenvalue weighted by atomic mass is 32.1. The van der Waals surface area contributed by atoms with Gasteiger partial charge in [0.1, 0.15) is 66.1 Å². The summed E-state index contributed by atoms with van der Waals surface area (Å²) in [7, 11) is 0. The molecule has 0 spiro atoms. The SMILES string of the molecule is CCC(C)C(=O)c1nc(C(=O)NC(CC(C)C)C(=O)NC(CCC(=O)O)C(=O)NC(C(=O)NCCCCC2NC(=O)C(CC(N)=O)NC(=O)C(CC(=O)O)NC(=O)C(Cc3cnc[nH]3)NC(=O)C(Cc3ccccc3)NC(=O)C(C(C)CC)NC(=O)C(CCCN)NC2=O)C(C)CC)cs1. The Hall–Kier alpha value is -9.73. The molecule has 100 heavy (non-hydrogen) atoms. The number of nitrogens with two attached hydrogens (primary N) is 2. The molecule has 1 aliphatic heterocycles. The third-order valence-corrected chi connectivity index (χ3v) is 17.8. The van der Waals surface area contributed by atoms with Crippen molar-refractivity contribution in [1.82, 2.24) is 73.4 Å². The van der Waals surface area contributed by atoms with Crippen LogP contribution in [0.1, 0.15) is 170 Å². The molecule has 1 saturated heterocycles. The molecule has 0 aliphatic carbocycles. The number of benzene rings is 1. The van der Waals surface area contributed by atoms with Crippen molar-refractivity contribution < 1.29 is 82.1 Å². The number of rotatable bonds is 35. The first-order valence-electron chi connectivity index (χ1n) is 33.6. The largest absolute Gasteiger partial charge is 0.481 e. The lowest BCUT2D eigenvalue weighted by molar-refractivity contribution is -0.142. The van der Waals surface area contributed by atoms with Crippen molar-refractivity contribution >= 4 is 99.9 Å². The number of imidazole rings is 1. The second kappa shape index (κ2) is 41.6. The number of nitrogens with zero attached hydrogens (tertiary/aromatic N) is 2. The maximum atomic E-state index is 14.7. The Balaban J connectivity index is 1.67. The van der Waals surface area contributed by atoms with Gasteiger partial charge in [-0.05, 0) is 81.2 Å². The molecule has 34 heteroatoms. The Morgan fingerprint density at radius 2 is 1.17 bits per heavy atom. The number of carbonyl (C=O) groups excluding carboxylic acids is 13. The molecule has 550 valence electrons. The maximum Gasteiger partial charge on any atom is 0.305 e. The van der Waals surface area contributed by atoms with E-state index in [-0.39, 0.29) is 92.8 Å². The van der Waals surface area contributed by atoms with Crippen LogP contribution in [-0.4, -0.2) is 187 Å². The summed E-state index contributed by atoms with van der Waals surface area (Å²) in [5.74, 6) is -16.6. The molecule has 33 nitrogen and oxygen atoms in total. The number of carboxylic acids is 2. The number of hydrogen-bond acceptors (Lipinski definition) is 19. The minimum absolute atomic E-state index is 0.0116. The molecule has 1 fully saturated rings. The number of nitrogens with one attached hydrogen (secondary N) is 12. The van der Waals surface area contributed by atoms with Crippen LogP contribution in [-0.2, 0) is 75.2 Å². The van der Waals surface area contributed by atoms with E-state index in [0.29, 0.717) is 30.5 Å². The number of amides is 12. The Labute approximate surface area is 583 Å². The fourth-order valence-electron chi connectivity index (χ4n) is 10.5. The first-order chi connectivity index (χ1) is 47.4. The van der Waals surface area contributed by atoms with Crippen molar-refractivity contribution in [2.75, 3.05) is 13.1 Å². The van der Waals surface area contributed by atoms with E-state index in [4.69, 9.17) is 11.5 Å². The topological polar surface area (TPSA) is 522 Å². The zero-order chi connectivity index (χ0) is 74.3. The minimum atomic E-state index is -2.01. The van der Waals surface area contributed by atoms with Crippen LogP contribution in [0, 0.1) is 23.7 Å². The smallest absolute Gasteiger partial charge is 0.305 e. The van der Waals surface area contributed by atoms with Crippen molar-refractivity contribution in [3.63, 3.8) is 0 Å². The number of thiazole rings is 1. The van der Waals surface area contributed by atoms with Crippen LogP contribution in [0.2, 0.25) is 0 Å². The second-order valence-corrected chi connectivity index (χ2v) is 26.3. The second-order valence-electron chi connectivity index (χ2n) is 25.4. The predicted octanol–water partition coefficient (Wildman–Crippen LogP) is -0.566. The lowest BCUT2D eigenvalue weighted by Crippen LogP contribution is -2.61. The summed E-state index contributed by atoms with van der Waals surface area (Å²) in [5, 5.41) is 49.5. The summed E-state index contributed by atoms with van der Waals surface area (Å²) in [6.07, 6.45) is 0.0854. The van der Waals surface area contributed by atoms with Crippen LogP contribution < -0.4 is 70.0 Å². The van der Waals surface area contributed by atoms with Crippen molar-refractivity contribution in [2.45, 2.75) is 212 Å². The average Bonchev–Trinajstić information content (AvgIpc) is 1.49. The van der Waals surface area contributed by atoms with Crippen molar-refractivity contribution in [2.24, 2.45) is 35.1 Å². The molecular formula is C66H98N16O17S. The van der Waals surface area contributed by atoms with Gasteiger partial charge in [0.05, 0.1) is 19.2 Å². The number of carboxylic acid groups (broad SMARTS) is 2. The lowest BCUT2D eigenvalue weighted by atomic mass is 9.96. The highest BCUT2D eigenvalue weighted by Gasteiger charge is 2.39. The Bertz CT molecular complexity index is 3310. The van der Waals surface area contributed by atoms with Crippen LogP contribution in [0.4, 0.5) is 0 Å². The summed E-state index contributed by atoms with van der Waals surface area (Å²) in [5.41, 5.74) is 12.2. The lowest BCUT2D eigenvalue weighted by Gasteiger charge is -2.29. The van der Waals surface area contributed by atoms with Crippen LogP contribution >= 0.6 is 11.3 Å². The number of primary amides is 1. The zero-order valence-corrected chi connectivity index (χ0v) is 58.5. The molecule has 3 heterocycles. The first kappa shape index (κ1) is 82.7. The quantitative estimate of drug-likeness (QED) is 0.0259. The molecule has 0 bridgehead atoms. The van der Waals surface area contributed by atoms with E-state index in [0.717, 1.165) is 11.3 Å². The molecule has 1 aliphatic rings. The number of ketones is 1. The van der Waals surface area contributed by atoms with E-state index < -0.39 is 181 Å². The fourth-order valence-corrected chi connectivity index (χ4v) is 11.4. The monoisotopic (exact) mass is 1420 g/mol. The number of carbonyl (C=O) groups is 15. The molecule has 13 unspecified atom stereocenters. The van der Waals surface area contributed by atoms with E-state index in [1.54, 1.807) is 78.8 Å². The average molecular weight is 1420 g/mol. The van der Waals surface area contributed by atoms with Crippen molar-refractivity contribution in [1.29, 1.82) is 0 Å². The van der Waals surface area contributed by atoms with Gasteiger partial charge in [0.2, 0.25) is 65.0 Å². The number of aromatic nitrogens is 3. The molecule has 1 aromatic carbocycles. The summed E-state index contributed by atoms with van der Waals surface area (Å²) in [6, 6.07) is -7.07. The first-order valence-corrected chi connectivity index (χ1v) is 34.5. The van der Waals surface area contributed by atoms with Gasteiger partial charge in [0.15, 0.2) is 10.8 Å². The predicted molar refractivity (Wildman–Crippen MR) is 363 cm³/mol. The normalized spacial score (nSPS) is 20.8. The fraction of sp³-hybridized carbons (Fsp3) is 0.591. The number of H-pyrrole nitrogens is 1. The number of aliphatic carboxylic acids is 2. The van der Waals surface area contributed by atoms with Gasteiger partial charge in [-0.15, -0.1) is 11.3 Å². The van der Waals surface area contributed by atoms with Crippen molar-refractivity contribution in [3.8, 4) is 0 Å². The molecule has 2 aromatic heterocycles. The van der Waals surface area contributed by atoms with Gasteiger partial charge in [-0.25, -0.2) is 9.97 Å². The van der Waals surface area contributed by atoms with E-state index in [9.17, 15) is 82.1 Å². The summed E-state index contributed by atoms with van der Waals surface area (Å²) < 4.78 is 0. The van der Waals surface area contributed by atoms with E-state index >= 15 is 0 Å². The van der Waals surface area contributed by atoms with Gasteiger partial charge < -0.3 is 85.1 Å². The summed E-state index contributed by atoms with van der Waals surface area (Å²) in [6.45, 7) is 13.8. The molecule has 0 radical (unpaired) electrons. The number of unbranched alkanes of at least 4 members (excludes halogenated alkanes) is 1. The molecule has 18 N–H and O–H groups in total. The van der Waals surface area contributed by atoms with Gasteiger partial charge in [-0.2, -0.15) is 0 Å². The van der Waals surface area contributed by atoms with Gasteiger partial charge in [0.25, 0.3) is 5.91 Å². The Morgan fingerprint density at radius 3 is 1.73 bits per heavy atom. The van der Waals surface area contributed by atoms with Crippen molar-refractivity contribution in [3.05, 3.63) is 70.2 Å². The molecule has 13 atom stereocenters. The molecule has 4 rings (SSSR count). The standard InChI is InChI=1S/C66H98N16O17S/c1-9-35(6)52(81-57(91)42(22-23-50(84)85)74-58(92)43(26-34(4)5)75-63(97)48-32-100-66(80-48)54(88)37(8)11-3)64(98)70-25-16-15-20-40-55(89)72-41(21-17-24-67)56(90)82-53(36(7)10-2)65(99)79-44(27-38-18-13-12-14-19-38)59(93)76-45(28-39-31-69-33-71-39)60(94)78-47(30-51(86)87)62(96)77-46(29-49(68)83)61(95)73-40/h12-14,18-19,31-37,40-47,52-53H,9-11,15-17,20-30,67H2,1-8H3,(H2,68,83)(H,69,71)(H,70,98)(H,72,89)(H,73,95)(H,74,92)(H,75,97)(H,76,93)(H,77,96)(H,78,94)(H,79,99)(H,81,91)(H,82,90)(H,84,85)(H,86,87). The zero-order valence-electron chi connectivity index (χ0n) is 57.7. The van der Waals surface area contributed by atoms with Gasteiger partial charge in [-0.1, -0.05) is 98.6 Å². The van der Waals surface area contributed by atoms with Gasteiger partial charge >= 0.3 is 11.9 Å². The Morgan fingerprint density at radius 1 is 0.610 bits per heavy atom. The summed E-state index contributed by atoms with van der Waals surface area (Å²) >= 11 is 0.976. The third-order valence-electron chi connectivity index (χ3n) is 17.0. The molecular weight excluding hydrogens is 1320 g/mol. The highest BCUT2D eigenvalue weighted by Crippen LogP contribution is 2.19. The van der Waals surface area contributed by atoms with Crippen LogP contribution in [0.3, 0.4) is 0 Å². The van der Waals surface area contributed by atoms with Crippen LogP contribution in [0.25, 0.3) is 0 Å². The minimum Gasteiger partial charge on any atom is -0.481 e. The maximum absolute atomic E-state index is 14.7. The van der Waals surface area contributed by atoms with E-state index in [2.05, 4.69) is 73.4 Å². The van der Waals surface area contributed by atoms with E-state index in [1.807, 2.05) is 6.92 Å². The number of Topliss-reactive ketones (excluding diaryl/α,β-unsaturated/α-hetero) is 1. The number of hydrogen-bond donors (Lipinski definition) is 16. The van der Waals surface area contributed by atoms with E-state index in [1.165, 1.54) is 17.9 Å². The molecule has 3 aromatic rings. The van der Waals surface area contributed by atoms with Crippen LogP contribution in [0.15, 0.2) is 48.2 Å². The highest BCUT2D eigenvalue weighted by molar-refractivity contribution is 7.12. The van der Waals surface area contributed by atoms with Crippen LogP contribution in [0.5, 0.6) is 0 Å². The Kier molecular flexibility index (Phi) is 34.4. The van der Waals surface area contributed by atoms with Gasteiger partial charge in [0, 0.05) is 49.0 Å². The molecule has 0 saturated carbocycles. The summed E-state index contributed by atoms with van der Waals surface area (Å²) in [4.78, 5) is 218. The third kappa shape index (κ3) is 27.2. The molecule has 12 amide bonds. The van der Waals surface area contributed by atoms with Gasteiger partial charge in [-0.3, -0.25) is 71.9 Å².